The molecule has 4 aromatic rings. The fraction of sp³-hybridized carbons (Fsp3) is 0.261. The molecule has 0 atom stereocenters. The molecule has 35 heavy (non-hydrogen) atoms. The molecule has 0 fully saturated rings. The number of ether oxygens (including phenoxy) is 1. The van der Waals surface area contributed by atoms with E-state index in [1.54, 1.807) is 18.2 Å². The number of alkyl halides is 3. The Kier molecular flexibility index (Phi) is 5.50. The average molecular weight is 483 g/mol. The Labute approximate surface area is 197 Å². The summed E-state index contributed by atoms with van der Waals surface area (Å²) in [4.78, 5) is 28.3. The third-order valence-electron chi connectivity index (χ3n) is 5.85. The van der Waals surface area contributed by atoms with E-state index in [4.69, 9.17) is 10.5 Å². The number of carbonyl (C=O) groups excluding carboxylic acids is 1. The summed E-state index contributed by atoms with van der Waals surface area (Å²) in [6, 6.07) is 5.96. The summed E-state index contributed by atoms with van der Waals surface area (Å²) in [6.07, 6.45) is 0.147. The maximum absolute atomic E-state index is 12.9. The monoisotopic (exact) mass is 483 g/mol. The average Bonchev–Trinajstić information content (AvgIpc) is 3.41. The summed E-state index contributed by atoms with van der Waals surface area (Å²) < 4.78 is 46.2. The minimum absolute atomic E-state index is 0.238. The first kappa shape index (κ1) is 22.6. The minimum atomic E-state index is -4.62. The summed E-state index contributed by atoms with van der Waals surface area (Å²) in [5.74, 6) is -0.0928. The summed E-state index contributed by atoms with van der Waals surface area (Å²) >= 11 is 0. The summed E-state index contributed by atoms with van der Waals surface area (Å²) in [7, 11) is 1.46. The topological polar surface area (TPSA) is 121 Å². The number of nitrogens with zero attached hydrogens (tertiary/aromatic N) is 5. The van der Waals surface area contributed by atoms with Crippen molar-refractivity contribution in [3.05, 3.63) is 59.6 Å². The van der Waals surface area contributed by atoms with Gasteiger partial charge in [-0.2, -0.15) is 13.2 Å². The Bertz CT molecular complexity index is 1450. The van der Waals surface area contributed by atoms with E-state index >= 15 is 0 Å². The predicted octanol–water partition coefficient (Wildman–Crippen LogP) is 3.49. The van der Waals surface area contributed by atoms with E-state index in [9.17, 15) is 18.0 Å². The van der Waals surface area contributed by atoms with Crippen LogP contribution in [-0.2, 0) is 30.2 Å². The van der Waals surface area contributed by atoms with Crippen molar-refractivity contribution >= 4 is 28.4 Å². The zero-order valence-electron chi connectivity index (χ0n) is 18.6. The standard InChI is InChI=1S/C23H20F3N7O2/c1-35-16-9-12(33-15-4-2-3-13(15)20-21(33)22(27)30-11-29-20)5-6-14(16)31-19(34)10-18-28-8-7-17(32-18)23(24,25)26/h5-9,11H,2-4,10H2,1H3,(H,31,34)(H2,27,29,30). The number of hydrogen-bond donors (Lipinski definition) is 2. The molecule has 3 heterocycles. The van der Waals surface area contributed by atoms with Crippen LogP contribution in [0.4, 0.5) is 24.7 Å². The van der Waals surface area contributed by atoms with E-state index in [1.165, 1.54) is 13.4 Å². The van der Waals surface area contributed by atoms with E-state index in [0.717, 1.165) is 59.5 Å². The molecule has 9 nitrogen and oxygen atoms in total. The molecule has 1 amide bonds. The highest BCUT2D eigenvalue weighted by Crippen LogP contribution is 2.38. The highest BCUT2D eigenvalue weighted by Gasteiger charge is 2.33. The first-order valence-electron chi connectivity index (χ1n) is 10.8. The minimum Gasteiger partial charge on any atom is -0.494 e. The van der Waals surface area contributed by atoms with Crippen LogP contribution >= 0.6 is 0 Å². The quantitative estimate of drug-likeness (QED) is 0.446. The highest BCUT2D eigenvalue weighted by molar-refractivity contribution is 5.94. The van der Waals surface area contributed by atoms with Gasteiger partial charge < -0.3 is 20.4 Å². The van der Waals surface area contributed by atoms with Gasteiger partial charge in [0, 0.05) is 23.6 Å². The molecule has 0 unspecified atom stereocenters. The molecule has 0 radical (unpaired) electrons. The van der Waals surface area contributed by atoms with Crippen molar-refractivity contribution in [1.29, 1.82) is 0 Å². The smallest absolute Gasteiger partial charge is 0.433 e. The van der Waals surface area contributed by atoms with Crippen LogP contribution in [0.1, 0.15) is 29.2 Å². The van der Waals surface area contributed by atoms with Gasteiger partial charge in [0.05, 0.1) is 24.7 Å². The SMILES string of the molecule is COc1cc(-n2c3c(c4ncnc(N)c42)CCC3)ccc1NC(=O)Cc1nccc(C(F)(F)F)n1. The Morgan fingerprint density at radius 1 is 1.20 bits per heavy atom. The molecule has 0 saturated carbocycles. The van der Waals surface area contributed by atoms with E-state index in [2.05, 4.69) is 25.3 Å². The predicted molar refractivity (Wildman–Crippen MR) is 121 cm³/mol. The molecule has 0 spiro atoms. The van der Waals surface area contributed by atoms with Crippen LogP contribution < -0.4 is 15.8 Å². The largest absolute Gasteiger partial charge is 0.494 e. The Morgan fingerprint density at radius 2 is 2.03 bits per heavy atom. The van der Waals surface area contributed by atoms with Crippen LogP contribution in [0.2, 0.25) is 0 Å². The fourth-order valence-corrected chi connectivity index (χ4v) is 4.39. The van der Waals surface area contributed by atoms with Crippen molar-refractivity contribution < 1.29 is 22.7 Å². The van der Waals surface area contributed by atoms with Gasteiger partial charge in [-0.3, -0.25) is 4.79 Å². The number of hydrogen-bond acceptors (Lipinski definition) is 7. The first-order valence-corrected chi connectivity index (χ1v) is 10.8. The molecule has 3 aromatic heterocycles. The molecule has 0 aliphatic heterocycles. The Balaban J connectivity index is 1.44. The Hall–Kier alpha value is -4.22. The number of rotatable bonds is 5. The highest BCUT2D eigenvalue weighted by atomic mass is 19.4. The molecular formula is C23H20F3N7O2. The molecule has 0 bridgehead atoms. The van der Waals surface area contributed by atoms with E-state index in [-0.39, 0.29) is 5.82 Å². The maximum atomic E-state index is 12.9. The number of methoxy groups -OCH3 is 1. The number of halogens is 3. The van der Waals surface area contributed by atoms with Crippen LogP contribution in [0.15, 0.2) is 36.8 Å². The van der Waals surface area contributed by atoms with E-state index < -0.39 is 24.2 Å². The van der Waals surface area contributed by atoms with Crippen molar-refractivity contribution in [1.82, 2.24) is 24.5 Å². The van der Waals surface area contributed by atoms with Crippen molar-refractivity contribution in [2.24, 2.45) is 0 Å². The van der Waals surface area contributed by atoms with Gasteiger partial charge in [-0.05, 0) is 43.0 Å². The Morgan fingerprint density at radius 3 is 2.80 bits per heavy atom. The van der Waals surface area contributed by atoms with Gasteiger partial charge in [0.15, 0.2) is 5.82 Å². The zero-order valence-corrected chi connectivity index (χ0v) is 18.6. The van der Waals surface area contributed by atoms with Crippen LogP contribution in [0.5, 0.6) is 5.75 Å². The number of nitrogens with two attached hydrogens (primary N) is 1. The second-order valence-electron chi connectivity index (χ2n) is 8.04. The molecule has 12 heteroatoms. The van der Waals surface area contributed by atoms with E-state index in [0.29, 0.717) is 17.3 Å². The van der Waals surface area contributed by atoms with Crippen molar-refractivity contribution in [2.45, 2.75) is 31.9 Å². The van der Waals surface area contributed by atoms with Gasteiger partial charge in [0.2, 0.25) is 5.91 Å². The molecule has 5 rings (SSSR count). The van der Waals surface area contributed by atoms with Gasteiger partial charge in [-0.25, -0.2) is 19.9 Å². The molecule has 1 aliphatic rings. The van der Waals surface area contributed by atoms with Crippen LogP contribution in [0.25, 0.3) is 16.7 Å². The maximum Gasteiger partial charge on any atom is 0.433 e. The fourth-order valence-electron chi connectivity index (χ4n) is 4.39. The number of benzene rings is 1. The van der Waals surface area contributed by atoms with E-state index in [1.807, 2.05) is 4.57 Å². The number of nitrogen functional groups attached to an aromatic ring is 1. The van der Waals surface area contributed by atoms with Gasteiger partial charge in [0.1, 0.15) is 29.1 Å². The van der Waals surface area contributed by atoms with Crippen LogP contribution in [-0.4, -0.2) is 37.5 Å². The second kappa shape index (κ2) is 8.53. The van der Waals surface area contributed by atoms with Crippen molar-refractivity contribution in [3.63, 3.8) is 0 Å². The lowest BCUT2D eigenvalue weighted by molar-refractivity contribution is -0.141. The second-order valence-corrected chi connectivity index (χ2v) is 8.04. The third kappa shape index (κ3) is 4.11. The molecule has 0 saturated heterocycles. The van der Waals surface area contributed by atoms with Gasteiger partial charge in [-0.1, -0.05) is 0 Å². The normalized spacial score (nSPS) is 13.1. The van der Waals surface area contributed by atoms with Gasteiger partial charge in [0.25, 0.3) is 0 Å². The molecular weight excluding hydrogens is 463 g/mol. The van der Waals surface area contributed by atoms with Gasteiger partial charge in [-0.15, -0.1) is 0 Å². The molecule has 3 N–H and O–H groups in total. The van der Waals surface area contributed by atoms with Crippen LogP contribution in [0.3, 0.4) is 0 Å². The number of carbonyl (C=O) groups is 1. The number of aromatic nitrogens is 5. The van der Waals surface area contributed by atoms with Crippen molar-refractivity contribution in [2.75, 3.05) is 18.2 Å². The number of aryl methyl sites for hydroxylation is 1. The number of fused-ring (bicyclic) bond motifs is 3. The van der Waals surface area contributed by atoms with Crippen LogP contribution in [0, 0.1) is 0 Å². The number of amides is 1. The molecule has 180 valence electrons. The lowest BCUT2D eigenvalue weighted by atomic mass is 10.2. The lowest BCUT2D eigenvalue weighted by Gasteiger charge is -2.15. The summed E-state index contributed by atoms with van der Waals surface area (Å²) in [6.45, 7) is 0. The lowest BCUT2D eigenvalue weighted by Crippen LogP contribution is -2.18. The van der Waals surface area contributed by atoms with Crippen molar-refractivity contribution in [3.8, 4) is 11.4 Å². The summed E-state index contributed by atoms with van der Waals surface area (Å²) in [5, 5.41) is 2.66. The number of nitrogens with one attached hydrogen (secondary N) is 1. The first-order chi connectivity index (χ1) is 16.8. The third-order valence-corrected chi connectivity index (χ3v) is 5.85. The zero-order chi connectivity index (χ0) is 24.7. The molecule has 1 aliphatic carbocycles. The summed E-state index contributed by atoms with van der Waals surface area (Å²) in [5.41, 5.74) is 9.99. The molecule has 1 aromatic carbocycles. The van der Waals surface area contributed by atoms with Gasteiger partial charge >= 0.3 is 6.18 Å². The number of anilines is 2.